The second-order valence-corrected chi connectivity index (χ2v) is 5.77. The summed E-state index contributed by atoms with van der Waals surface area (Å²) in [4.78, 5) is 13.8. The van der Waals surface area contributed by atoms with Crippen molar-refractivity contribution in [3.63, 3.8) is 0 Å². The largest absolute Gasteiger partial charge is 0.281 e. The molecule has 2 nitrogen and oxygen atoms in total. The van der Waals surface area contributed by atoms with Gasteiger partial charge in [-0.2, -0.15) is 0 Å². The predicted molar refractivity (Wildman–Crippen MR) is 83.1 cm³/mol. The van der Waals surface area contributed by atoms with Crippen molar-refractivity contribution >= 4 is 40.5 Å². The van der Waals surface area contributed by atoms with Crippen molar-refractivity contribution in [2.45, 2.75) is 19.8 Å². The predicted octanol–water partition coefficient (Wildman–Crippen LogP) is 4.78. The Balaban J connectivity index is 2.27. The molecule has 2 aromatic carbocycles. The molecule has 0 saturated heterocycles. The number of carbonyl (C=O) groups is 1. The van der Waals surface area contributed by atoms with Crippen molar-refractivity contribution in [2.24, 2.45) is 0 Å². The highest BCUT2D eigenvalue weighted by Gasteiger charge is 2.24. The van der Waals surface area contributed by atoms with Gasteiger partial charge in [-0.15, -0.1) is 0 Å². The molecule has 2 aromatic rings. The molecule has 4 heteroatoms. The molecule has 1 amide bonds. The first kappa shape index (κ1) is 13.5. The second-order valence-electron chi connectivity index (χ2n) is 4.90. The van der Waals surface area contributed by atoms with E-state index in [9.17, 15) is 4.79 Å². The first-order valence-electron chi connectivity index (χ1n) is 6.44. The van der Waals surface area contributed by atoms with Gasteiger partial charge in [0.15, 0.2) is 0 Å². The zero-order chi connectivity index (χ0) is 14.3. The van der Waals surface area contributed by atoms with Crippen LogP contribution in [0.5, 0.6) is 0 Å². The van der Waals surface area contributed by atoms with E-state index < -0.39 is 0 Å². The molecule has 3 rings (SSSR count). The Labute approximate surface area is 127 Å². The fourth-order valence-electron chi connectivity index (χ4n) is 2.65. The number of amides is 1. The Hall–Kier alpha value is -1.51. The van der Waals surface area contributed by atoms with Crippen LogP contribution in [-0.2, 0) is 17.6 Å². The van der Waals surface area contributed by atoms with Gasteiger partial charge in [-0.3, -0.25) is 9.69 Å². The Morgan fingerprint density at radius 1 is 0.950 bits per heavy atom. The number of hydrogen-bond acceptors (Lipinski definition) is 1. The summed E-state index contributed by atoms with van der Waals surface area (Å²) in [5.41, 5.74) is 3.95. The first-order valence-corrected chi connectivity index (χ1v) is 7.19. The summed E-state index contributed by atoms with van der Waals surface area (Å²) >= 11 is 12.2. The first-order chi connectivity index (χ1) is 9.56. The highest BCUT2D eigenvalue weighted by atomic mass is 35.5. The van der Waals surface area contributed by atoms with Gasteiger partial charge in [0.25, 0.3) is 0 Å². The van der Waals surface area contributed by atoms with E-state index >= 15 is 0 Å². The SMILES string of the molecule is CC(=O)N1c2cc(Cl)ccc2CCc2ccc(Cl)cc21. The Morgan fingerprint density at radius 2 is 1.40 bits per heavy atom. The number of halogens is 2. The summed E-state index contributed by atoms with van der Waals surface area (Å²) in [5.74, 6) is -0.0427. The zero-order valence-corrected chi connectivity index (χ0v) is 12.5. The van der Waals surface area contributed by atoms with E-state index in [1.165, 1.54) is 0 Å². The third kappa shape index (κ3) is 2.30. The van der Waals surface area contributed by atoms with Crippen LogP contribution in [-0.4, -0.2) is 5.91 Å². The van der Waals surface area contributed by atoms with Crippen LogP contribution >= 0.6 is 23.2 Å². The van der Waals surface area contributed by atoms with Crippen LogP contribution in [0.4, 0.5) is 11.4 Å². The van der Waals surface area contributed by atoms with Crippen LogP contribution in [0.2, 0.25) is 10.0 Å². The van der Waals surface area contributed by atoms with Crippen molar-refractivity contribution in [1.29, 1.82) is 0 Å². The molecule has 0 fully saturated rings. The summed E-state index contributed by atoms with van der Waals surface area (Å²) in [5, 5.41) is 1.25. The molecule has 20 heavy (non-hydrogen) atoms. The van der Waals surface area contributed by atoms with Gasteiger partial charge >= 0.3 is 0 Å². The van der Waals surface area contributed by atoms with Crippen molar-refractivity contribution < 1.29 is 4.79 Å². The lowest BCUT2D eigenvalue weighted by molar-refractivity contribution is -0.115. The number of hydrogen-bond donors (Lipinski definition) is 0. The zero-order valence-electron chi connectivity index (χ0n) is 11.0. The molecule has 0 atom stereocenters. The van der Waals surface area contributed by atoms with E-state index in [2.05, 4.69) is 0 Å². The summed E-state index contributed by atoms with van der Waals surface area (Å²) in [6, 6.07) is 11.4. The maximum Gasteiger partial charge on any atom is 0.228 e. The smallest absolute Gasteiger partial charge is 0.228 e. The van der Waals surface area contributed by atoms with Crippen molar-refractivity contribution in [3.8, 4) is 0 Å². The number of benzene rings is 2. The van der Waals surface area contributed by atoms with Gasteiger partial charge in [-0.05, 0) is 48.2 Å². The molecule has 102 valence electrons. The molecule has 1 aliphatic heterocycles. The van der Waals surface area contributed by atoms with Crippen LogP contribution in [0.25, 0.3) is 0 Å². The maximum absolute atomic E-state index is 12.1. The van der Waals surface area contributed by atoms with Gasteiger partial charge in [-0.1, -0.05) is 35.3 Å². The van der Waals surface area contributed by atoms with Crippen LogP contribution in [0.3, 0.4) is 0 Å². The molecular formula is C16H13Cl2NO. The standard InChI is InChI=1S/C16H13Cl2NO/c1-10(20)19-15-8-13(17)6-4-11(15)2-3-12-5-7-14(18)9-16(12)19/h4-9H,2-3H2,1H3. The Morgan fingerprint density at radius 3 is 1.80 bits per heavy atom. The number of carbonyl (C=O) groups excluding carboxylic acids is 1. The lowest BCUT2D eigenvalue weighted by atomic mass is 10.0. The second kappa shape index (κ2) is 5.12. The maximum atomic E-state index is 12.1. The number of rotatable bonds is 0. The highest BCUT2D eigenvalue weighted by Crippen LogP contribution is 2.38. The molecule has 1 aliphatic rings. The van der Waals surface area contributed by atoms with Crippen LogP contribution in [0.15, 0.2) is 36.4 Å². The molecule has 0 unspecified atom stereocenters. The van der Waals surface area contributed by atoms with Gasteiger partial charge in [0.2, 0.25) is 5.91 Å². The minimum atomic E-state index is -0.0427. The average molecular weight is 306 g/mol. The summed E-state index contributed by atoms with van der Waals surface area (Å²) in [6.45, 7) is 1.56. The van der Waals surface area contributed by atoms with Gasteiger partial charge < -0.3 is 0 Å². The third-order valence-corrected chi connectivity index (χ3v) is 4.03. The van der Waals surface area contributed by atoms with Crippen molar-refractivity contribution in [1.82, 2.24) is 0 Å². The monoisotopic (exact) mass is 305 g/mol. The molecule has 0 N–H and O–H groups in total. The number of anilines is 2. The lowest BCUT2D eigenvalue weighted by Crippen LogP contribution is -2.23. The van der Waals surface area contributed by atoms with Crippen LogP contribution in [0, 0.1) is 0 Å². The Kier molecular flexibility index (Phi) is 3.45. The molecule has 1 heterocycles. The van der Waals surface area contributed by atoms with E-state index in [0.717, 1.165) is 35.3 Å². The molecule has 0 aliphatic carbocycles. The van der Waals surface area contributed by atoms with Crippen molar-refractivity contribution in [3.05, 3.63) is 57.6 Å². The molecule has 0 bridgehead atoms. The van der Waals surface area contributed by atoms with Crippen LogP contribution < -0.4 is 4.90 Å². The summed E-state index contributed by atoms with van der Waals surface area (Å²) < 4.78 is 0. The van der Waals surface area contributed by atoms with E-state index in [1.54, 1.807) is 11.8 Å². The lowest BCUT2D eigenvalue weighted by Gasteiger charge is -2.24. The third-order valence-electron chi connectivity index (χ3n) is 3.56. The molecule has 0 spiro atoms. The van der Waals surface area contributed by atoms with E-state index in [-0.39, 0.29) is 5.91 Å². The highest BCUT2D eigenvalue weighted by molar-refractivity contribution is 6.31. The summed E-state index contributed by atoms with van der Waals surface area (Å²) in [7, 11) is 0. The summed E-state index contributed by atoms with van der Waals surface area (Å²) in [6.07, 6.45) is 1.76. The van der Waals surface area contributed by atoms with Crippen LogP contribution in [0.1, 0.15) is 18.1 Å². The topological polar surface area (TPSA) is 20.3 Å². The van der Waals surface area contributed by atoms with E-state index in [1.807, 2.05) is 36.4 Å². The fraction of sp³-hybridized carbons (Fsp3) is 0.188. The van der Waals surface area contributed by atoms with E-state index in [0.29, 0.717) is 10.0 Å². The minimum Gasteiger partial charge on any atom is -0.281 e. The molecule has 0 radical (unpaired) electrons. The number of fused-ring (bicyclic) bond motifs is 2. The van der Waals surface area contributed by atoms with Gasteiger partial charge in [0.05, 0.1) is 11.4 Å². The average Bonchev–Trinajstić information content (AvgIpc) is 2.54. The molecular weight excluding hydrogens is 293 g/mol. The van der Waals surface area contributed by atoms with Gasteiger partial charge in [0.1, 0.15) is 0 Å². The van der Waals surface area contributed by atoms with Gasteiger partial charge in [-0.25, -0.2) is 0 Å². The quantitative estimate of drug-likeness (QED) is 0.686. The molecule has 0 aromatic heterocycles. The van der Waals surface area contributed by atoms with Gasteiger partial charge in [0, 0.05) is 17.0 Å². The number of aryl methyl sites for hydroxylation is 2. The normalized spacial score (nSPS) is 13.4. The fourth-order valence-corrected chi connectivity index (χ4v) is 2.98. The minimum absolute atomic E-state index is 0.0427. The Bertz CT molecular complexity index is 643. The van der Waals surface area contributed by atoms with E-state index in [4.69, 9.17) is 23.2 Å². The molecule has 0 saturated carbocycles. The van der Waals surface area contributed by atoms with Crippen molar-refractivity contribution in [2.75, 3.05) is 4.90 Å². The number of nitrogens with zero attached hydrogens (tertiary/aromatic N) is 1.